The highest BCUT2D eigenvalue weighted by atomic mass is 32.2. The number of primary amides is 1. The predicted molar refractivity (Wildman–Crippen MR) is 191 cm³/mol. The van der Waals surface area contributed by atoms with E-state index in [0.29, 0.717) is 51.7 Å². The average molecular weight is 694 g/mol. The van der Waals surface area contributed by atoms with Gasteiger partial charge in [-0.25, -0.2) is 18.3 Å². The largest absolute Gasteiger partial charge is 0.431 e. The molecule has 5 fully saturated rings. The Labute approximate surface area is 290 Å². The average Bonchev–Trinajstić information content (AvgIpc) is 3.10. The Kier molecular flexibility index (Phi) is 9.44. The van der Waals surface area contributed by atoms with Gasteiger partial charge in [0, 0.05) is 62.1 Å². The van der Waals surface area contributed by atoms with Crippen LogP contribution < -0.4 is 25.9 Å². The first-order valence-corrected chi connectivity index (χ1v) is 19.7. The Morgan fingerprint density at radius 1 is 0.878 bits per heavy atom. The number of hydroxylamine groups is 1. The van der Waals surface area contributed by atoms with Crippen LogP contribution in [0.4, 0.5) is 27.5 Å². The minimum atomic E-state index is -3.28. The molecule has 266 valence electrons. The molecule has 2 aromatic carbocycles. The number of carbonyl (C=O) groups is 2. The van der Waals surface area contributed by atoms with Crippen LogP contribution in [0.2, 0.25) is 0 Å². The van der Waals surface area contributed by atoms with Gasteiger partial charge in [0.1, 0.15) is 0 Å². The molecule has 5 atom stereocenters. The van der Waals surface area contributed by atoms with Gasteiger partial charge in [-0.3, -0.25) is 4.79 Å². The molecule has 4 aliphatic carbocycles. The quantitative estimate of drug-likeness (QED) is 0.361. The van der Waals surface area contributed by atoms with Crippen molar-refractivity contribution in [3.05, 3.63) is 48.5 Å². The number of nitrogens with one attached hydrogen (secondary N) is 1. The molecule has 0 spiro atoms. The number of sulfonamides is 1. The number of rotatable bonds is 11. The number of nitrogens with two attached hydrogens (primary N) is 1. The maximum Gasteiger partial charge on any atom is 0.431 e. The Hall–Kier alpha value is -3.55. The fourth-order valence-corrected chi connectivity index (χ4v) is 11.0. The molecule has 8 rings (SSSR count). The summed E-state index contributed by atoms with van der Waals surface area (Å²) in [5.41, 5.74) is 9.35. The van der Waals surface area contributed by atoms with Gasteiger partial charge in [-0.05, 0) is 99.3 Å². The number of anilines is 4. The SMILES string of the molecule is CCN(CC)CCS(=O)(=O)N1CCN(c2ccc(N3CCN(OC(=O)NC4[C@@H]5CC6C[C@H]4CC(C(N)=O)(C6)C5)c4ccccc43)cc2)CC1. The van der Waals surface area contributed by atoms with Crippen LogP contribution in [0.1, 0.15) is 46.0 Å². The molecule has 13 heteroatoms. The van der Waals surface area contributed by atoms with Crippen molar-refractivity contribution in [3.63, 3.8) is 0 Å². The highest BCUT2D eigenvalue weighted by Crippen LogP contribution is 2.60. The minimum absolute atomic E-state index is 0.0106. The summed E-state index contributed by atoms with van der Waals surface area (Å²) in [7, 11) is -3.28. The molecule has 3 unspecified atom stereocenters. The molecular weight excluding hydrogens is 643 g/mol. The molecule has 4 bridgehead atoms. The normalized spacial score (nSPS) is 28.1. The van der Waals surface area contributed by atoms with Gasteiger partial charge < -0.3 is 30.6 Å². The van der Waals surface area contributed by atoms with Gasteiger partial charge in [0.05, 0.1) is 23.7 Å². The van der Waals surface area contributed by atoms with Crippen LogP contribution in [-0.4, -0.2) is 100 Å². The molecule has 0 radical (unpaired) electrons. The number of para-hydroxylation sites is 2. The van der Waals surface area contributed by atoms with Gasteiger partial charge in [-0.15, -0.1) is 0 Å². The van der Waals surface area contributed by atoms with Gasteiger partial charge >= 0.3 is 6.09 Å². The second kappa shape index (κ2) is 13.6. The summed E-state index contributed by atoms with van der Waals surface area (Å²) >= 11 is 0. The van der Waals surface area contributed by atoms with E-state index in [-0.39, 0.29) is 29.5 Å². The second-order valence-corrected chi connectivity index (χ2v) is 16.7. The van der Waals surface area contributed by atoms with Crippen LogP contribution in [0.3, 0.4) is 0 Å². The van der Waals surface area contributed by atoms with E-state index in [1.54, 1.807) is 9.37 Å². The summed E-state index contributed by atoms with van der Waals surface area (Å²) in [4.78, 5) is 38.2. The topological polar surface area (TPSA) is 132 Å². The summed E-state index contributed by atoms with van der Waals surface area (Å²) in [6, 6.07) is 16.4. The van der Waals surface area contributed by atoms with E-state index >= 15 is 0 Å². The third-order valence-electron chi connectivity index (χ3n) is 12.0. The first-order chi connectivity index (χ1) is 23.6. The monoisotopic (exact) mass is 693 g/mol. The lowest BCUT2D eigenvalue weighted by Crippen LogP contribution is -2.62. The van der Waals surface area contributed by atoms with E-state index < -0.39 is 21.5 Å². The first-order valence-electron chi connectivity index (χ1n) is 18.1. The van der Waals surface area contributed by atoms with Crippen molar-refractivity contribution in [2.75, 3.05) is 79.5 Å². The van der Waals surface area contributed by atoms with Gasteiger partial charge in [0.25, 0.3) is 0 Å². The van der Waals surface area contributed by atoms with Crippen molar-refractivity contribution in [1.82, 2.24) is 14.5 Å². The van der Waals surface area contributed by atoms with E-state index in [4.69, 9.17) is 10.6 Å². The van der Waals surface area contributed by atoms with Crippen LogP contribution in [0.25, 0.3) is 0 Å². The summed E-state index contributed by atoms with van der Waals surface area (Å²) in [6.45, 7) is 9.80. The third kappa shape index (κ3) is 6.69. The number of hydrogen-bond donors (Lipinski definition) is 2. The molecule has 3 N–H and O–H groups in total. The van der Waals surface area contributed by atoms with Gasteiger partial charge in [0.15, 0.2) is 0 Å². The maximum absolute atomic E-state index is 13.3. The molecule has 2 amide bonds. The molecule has 2 aliphatic heterocycles. The van der Waals surface area contributed by atoms with Crippen LogP contribution in [0, 0.1) is 23.2 Å². The molecule has 6 aliphatic rings. The molecule has 2 aromatic rings. The van der Waals surface area contributed by atoms with Crippen LogP contribution in [0.15, 0.2) is 48.5 Å². The lowest BCUT2D eigenvalue weighted by Gasteiger charge is -2.58. The fourth-order valence-electron chi connectivity index (χ4n) is 9.50. The zero-order valence-electron chi connectivity index (χ0n) is 28.8. The van der Waals surface area contributed by atoms with Crippen molar-refractivity contribution >= 4 is 44.8 Å². The number of amides is 2. The Morgan fingerprint density at radius 3 is 2.14 bits per heavy atom. The number of piperazine rings is 1. The zero-order valence-corrected chi connectivity index (χ0v) is 29.6. The maximum atomic E-state index is 13.3. The lowest BCUT2D eigenvalue weighted by atomic mass is 9.47. The van der Waals surface area contributed by atoms with E-state index in [0.717, 1.165) is 67.9 Å². The van der Waals surface area contributed by atoms with Crippen molar-refractivity contribution in [1.29, 1.82) is 0 Å². The summed E-state index contributed by atoms with van der Waals surface area (Å²) in [6.07, 6.45) is 4.04. The van der Waals surface area contributed by atoms with Crippen molar-refractivity contribution in [2.45, 2.75) is 52.0 Å². The standard InChI is InChI=1S/C36H51N7O5S/c1-3-39(4-2)19-20-49(46,47)41-15-13-40(14-16-41)29-9-11-30(12-10-29)42-17-18-43(32-8-6-5-7-31(32)42)48-35(45)38-33-27-21-26-22-28(33)25-36(23-26,24-27)34(37)44/h5-12,26-28,33H,3-4,13-25H2,1-2H3,(H2,37,44)(H,38,45)/t26?,27-,28+,33?,36?. The molecule has 12 nitrogen and oxygen atoms in total. The molecule has 49 heavy (non-hydrogen) atoms. The predicted octanol–water partition coefficient (Wildman–Crippen LogP) is 3.76. The number of nitrogens with zero attached hydrogens (tertiary/aromatic N) is 5. The molecule has 1 saturated heterocycles. The van der Waals surface area contributed by atoms with Gasteiger partial charge in [-0.2, -0.15) is 4.31 Å². The van der Waals surface area contributed by atoms with Crippen LogP contribution in [-0.2, 0) is 19.7 Å². The van der Waals surface area contributed by atoms with Crippen LogP contribution in [0.5, 0.6) is 0 Å². The van der Waals surface area contributed by atoms with Crippen LogP contribution >= 0.6 is 0 Å². The molecule has 2 heterocycles. The van der Waals surface area contributed by atoms with Gasteiger partial charge in [-0.1, -0.05) is 26.0 Å². The Morgan fingerprint density at radius 2 is 1.51 bits per heavy atom. The smallest absolute Gasteiger partial charge is 0.369 e. The lowest BCUT2D eigenvalue weighted by molar-refractivity contribution is -0.145. The minimum Gasteiger partial charge on any atom is -0.369 e. The second-order valence-electron chi connectivity index (χ2n) is 14.7. The Balaban J connectivity index is 0.955. The third-order valence-corrected chi connectivity index (χ3v) is 13.8. The molecular formula is C36H51N7O5S. The highest BCUT2D eigenvalue weighted by molar-refractivity contribution is 7.89. The van der Waals surface area contributed by atoms with Gasteiger partial charge in [0.2, 0.25) is 15.9 Å². The van der Waals surface area contributed by atoms with E-state index in [1.165, 1.54) is 0 Å². The number of hydrogen-bond acceptors (Lipinski definition) is 9. The van der Waals surface area contributed by atoms with E-state index in [2.05, 4.69) is 58.1 Å². The van der Waals surface area contributed by atoms with E-state index in [9.17, 15) is 18.0 Å². The number of fused-ring (bicyclic) bond motifs is 1. The summed E-state index contributed by atoms with van der Waals surface area (Å²) < 4.78 is 27.6. The number of benzene rings is 2. The molecule has 4 saturated carbocycles. The number of carbonyl (C=O) groups excluding carboxylic acids is 2. The Bertz CT molecular complexity index is 1610. The zero-order chi connectivity index (χ0) is 34.3. The van der Waals surface area contributed by atoms with E-state index in [1.807, 2.05) is 24.3 Å². The highest BCUT2D eigenvalue weighted by Gasteiger charge is 2.58. The fraction of sp³-hybridized carbons (Fsp3) is 0.611. The summed E-state index contributed by atoms with van der Waals surface area (Å²) in [5.74, 6) is 1.03. The van der Waals surface area contributed by atoms with Crippen molar-refractivity contribution in [3.8, 4) is 0 Å². The van der Waals surface area contributed by atoms with Crippen molar-refractivity contribution < 1.29 is 22.8 Å². The molecule has 0 aromatic heterocycles. The first kappa shape index (κ1) is 33.9. The van der Waals surface area contributed by atoms with Crippen molar-refractivity contribution in [2.24, 2.45) is 28.9 Å². The summed E-state index contributed by atoms with van der Waals surface area (Å²) in [5, 5.41) is 4.88.